The van der Waals surface area contributed by atoms with Crippen LogP contribution in [0.15, 0.2) is 180 Å². The lowest BCUT2D eigenvalue weighted by Crippen LogP contribution is -2.01. The van der Waals surface area contributed by atoms with E-state index in [2.05, 4.69) is 164 Å². The molecular formula is C49H29N3O. The second-order valence-corrected chi connectivity index (χ2v) is 13.6. The Hall–Kier alpha value is -7.17. The van der Waals surface area contributed by atoms with E-state index in [1.165, 1.54) is 16.2 Å². The molecule has 246 valence electrons. The molecule has 0 bridgehead atoms. The van der Waals surface area contributed by atoms with E-state index in [9.17, 15) is 0 Å². The van der Waals surface area contributed by atoms with E-state index in [1.54, 1.807) is 0 Å². The summed E-state index contributed by atoms with van der Waals surface area (Å²) < 4.78 is 6.21. The zero-order valence-corrected chi connectivity index (χ0v) is 28.5. The van der Waals surface area contributed by atoms with Crippen LogP contribution in [0.1, 0.15) is 0 Å². The van der Waals surface area contributed by atoms with Gasteiger partial charge in [0.15, 0.2) is 17.5 Å². The molecule has 0 radical (unpaired) electrons. The lowest BCUT2D eigenvalue weighted by atomic mass is 9.95. The van der Waals surface area contributed by atoms with Crippen molar-refractivity contribution in [2.24, 2.45) is 0 Å². The normalized spacial score (nSPS) is 11.8. The predicted molar refractivity (Wildman–Crippen MR) is 219 cm³/mol. The number of para-hydroxylation sites is 1. The highest BCUT2D eigenvalue weighted by molar-refractivity contribution is 6.13. The summed E-state index contributed by atoms with van der Waals surface area (Å²) in [6.45, 7) is 0. The Balaban J connectivity index is 1.18. The molecule has 0 aliphatic carbocycles. The molecule has 0 aliphatic rings. The van der Waals surface area contributed by atoms with Gasteiger partial charge in [-0.3, -0.25) is 0 Å². The van der Waals surface area contributed by atoms with Gasteiger partial charge in [-0.15, -0.1) is 0 Å². The summed E-state index contributed by atoms with van der Waals surface area (Å²) in [5.41, 5.74) is 6.88. The van der Waals surface area contributed by atoms with E-state index in [0.29, 0.717) is 17.5 Å². The molecule has 0 N–H and O–H groups in total. The van der Waals surface area contributed by atoms with Gasteiger partial charge in [-0.05, 0) is 96.7 Å². The fourth-order valence-corrected chi connectivity index (χ4v) is 7.90. The molecule has 4 nitrogen and oxygen atoms in total. The molecule has 4 heteroatoms. The molecule has 0 amide bonds. The van der Waals surface area contributed by atoms with Crippen LogP contribution in [0.5, 0.6) is 0 Å². The number of benzene rings is 9. The monoisotopic (exact) mass is 675 g/mol. The fourth-order valence-electron chi connectivity index (χ4n) is 7.90. The quantitative estimate of drug-likeness (QED) is 0.174. The Morgan fingerprint density at radius 1 is 0.283 bits per heavy atom. The minimum atomic E-state index is 0.621. The second-order valence-electron chi connectivity index (χ2n) is 13.6. The van der Waals surface area contributed by atoms with E-state index < -0.39 is 0 Å². The Kier molecular flexibility index (Phi) is 6.52. The highest BCUT2D eigenvalue weighted by Crippen LogP contribution is 2.38. The van der Waals surface area contributed by atoms with Gasteiger partial charge in [-0.2, -0.15) is 0 Å². The van der Waals surface area contributed by atoms with E-state index >= 15 is 0 Å². The molecule has 0 atom stereocenters. The van der Waals surface area contributed by atoms with E-state index in [0.717, 1.165) is 76.7 Å². The average Bonchev–Trinajstić information content (AvgIpc) is 3.59. The summed E-state index contributed by atoms with van der Waals surface area (Å²) in [5, 5.41) is 11.3. The van der Waals surface area contributed by atoms with Gasteiger partial charge in [0.25, 0.3) is 0 Å². The summed E-state index contributed by atoms with van der Waals surface area (Å²) in [6, 6.07) is 61.7. The van der Waals surface area contributed by atoms with Crippen molar-refractivity contribution in [3.05, 3.63) is 176 Å². The van der Waals surface area contributed by atoms with Crippen molar-refractivity contribution in [3.63, 3.8) is 0 Å². The van der Waals surface area contributed by atoms with Crippen molar-refractivity contribution < 1.29 is 4.42 Å². The molecule has 2 aromatic heterocycles. The van der Waals surface area contributed by atoms with Crippen LogP contribution in [0, 0.1) is 0 Å². The fraction of sp³-hybridized carbons (Fsp3) is 0. The van der Waals surface area contributed by atoms with Crippen LogP contribution in [0.2, 0.25) is 0 Å². The molecule has 0 unspecified atom stereocenters. The van der Waals surface area contributed by atoms with Gasteiger partial charge in [0, 0.05) is 27.5 Å². The highest BCUT2D eigenvalue weighted by Gasteiger charge is 2.18. The first kappa shape index (κ1) is 29.5. The van der Waals surface area contributed by atoms with Crippen LogP contribution in [0.25, 0.3) is 110 Å². The molecule has 11 rings (SSSR count). The summed E-state index contributed by atoms with van der Waals surface area (Å²) in [4.78, 5) is 15.8. The SMILES string of the molecule is c1ccc(-c2cc(-c3nc(-c4ccc5cc6oc7ccccc7c6cc5c4)nc(-c4cc5ccccc5c5ccccc45)n3)cc3ccccc23)cc1. The van der Waals surface area contributed by atoms with E-state index in [-0.39, 0.29) is 0 Å². The predicted octanol–water partition coefficient (Wildman–Crippen LogP) is 13.1. The van der Waals surface area contributed by atoms with E-state index in [1.807, 2.05) is 12.1 Å². The summed E-state index contributed by atoms with van der Waals surface area (Å²) in [5.74, 6) is 1.88. The maximum absolute atomic E-state index is 6.21. The van der Waals surface area contributed by atoms with Gasteiger partial charge in [-0.1, -0.05) is 133 Å². The molecule has 11 aromatic rings. The zero-order chi connectivity index (χ0) is 34.9. The largest absolute Gasteiger partial charge is 0.456 e. The maximum atomic E-state index is 6.21. The number of rotatable bonds is 4. The summed E-state index contributed by atoms with van der Waals surface area (Å²) in [7, 11) is 0. The van der Waals surface area contributed by atoms with Gasteiger partial charge in [0.1, 0.15) is 11.2 Å². The molecule has 0 aliphatic heterocycles. The Bertz CT molecular complexity index is 3240. The third kappa shape index (κ3) is 4.88. The Morgan fingerprint density at radius 3 is 1.74 bits per heavy atom. The zero-order valence-electron chi connectivity index (χ0n) is 28.5. The van der Waals surface area contributed by atoms with Crippen LogP contribution in [-0.4, -0.2) is 15.0 Å². The Labute approximate surface area is 304 Å². The number of furan rings is 1. The van der Waals surface area contributed by atoms with Gasteiger partial charge in [-0.25, -0.2) is 15.0 Å². The smallest absolute Gasteiger partial charge is 0.164 e. The average molecular weight is 676 g/mol. The van der Waals surface area contributed by atoms with Crippen LogP contribution < -0.4 is 0 Å². The minimum Gasteiger partial charge on any atom is -0.456 e. The standard InChI is InChI=1S/C49H29N3O/c1-2-12-30(13-3-1)42-28-36(24-32-14-4-7-17-38(32)42)48-50-47(34-23-22-31-29-46-43(27-35(31)25-34)41-20-10-11-21-45(41)53-46)51-49(52-48)44-26-33-15-5-6-16-37(33)39-18-8-9-19-40(39)44/h1-29H. The first-order valence-corrected chi connectivity index (χ1v) is 17.8. The number of hydrogen-bond acceptors (Lipinski definition) is 4. The molecule has 0 saturated carbocycles. The summed E-state index contributed by atoms with van der Waals surface area (Å²) >= 11 is 0. The second kappa shape index (κ2) is 11.7. The molecule has 0 fully saturated rings. The molecule has 53 heavy (non-hydrogen) atoms. The molecular weight excluding hydrogens is 647 g/mol. The van der Waals surface area contributed by atoms with Crippen molar-refractivity contribution in [2.75, 3.05) is 0 Å². The number of fused-ring (bicyclic) bond motifs is 8. The number of hydrogen-bond donors (Lipinski definition) is 0. The highest BCUT2D eigenvalue weighted by atomic mass is 16.3. The van der Waals surface area contributed by atoms with Crippen molar-refractivity contribution >= 4 is 65.0 Å². The summed E-state index contributed by atoms with van der Waals surface area (Å²) in [6.07, 6.45) is 0. The van der Waals surface area contributed by atoms with E-state index in [4.69, 9.17) is 19.4 Å². The molecule has 0 spiro atoms. The Morgan fingerprint density at radius 2 is 0.906 bits per heavy atom. The minimum absolute atomic E-state index is 0.621. The van der Waals surface area contributed by atoms with Crippen LogP contribution in [-0.2, 0) is 0 Å². The lowest BCUT2D eigenvalue weighted by molar-refractivity contribution is 0.669. The van der Waals surface area contributed by atoms with Crippen LogP contribution >= 0.6 is 0 Å². The van der Waals surface area contributed by atoms with Gasteiger partial charge >= 0.3 is 0 Å². The van der Waals surface area contributed by atoms with Crippen molar-refractivity contribution in [1.82, 2.24) is 15.0 Å². The first-order valence-electron chi connectivity index (χ1n) is 17.8. The third-order valence-electron chi connectivity index (χ3n) is 10.4. The first-order chi connectivity index (χ1) is 26.2. The number of nitrogens with zero attached hydrogens (tertiary/aromatic N) is 3. The van der Waals surface area contributed by atoms with Crippen LogP contribution in [0.4, 0.5) is 0 Å². The molecule has 0 saturated heterocycles. The van der Waals surface area contributed by atoms with Crippen molar-refractivity contribution in [3.8, 4) is 45.3 Å². The maximum Gasteiger partial charge on any atom is 0.164 e. The topological polar surface area (TPSA) is 51.8 Å². The molecule has 2 heterocycles. The number of aromatic nitrogens is 3. The van der Waals surface area contributed by atoms with Gasteiger partial charge in [0.2, 0.25) is 0 Å². The van der Waals surface area contributed by atoms with Crippen LogP contribution in [0.3, 0.4) is 0 Å². The van der Waals surface area contributed by atoms with Gasteiger partial charge < -0.3 is 4.42 Å². The van der Waals surface area contributed by atoms with Crippen molar-refractivity contribution in [1.29, 1.82) is 0 Å². The van der Waals surface area contributed by atoms with Crippen molar-refractivity contribution in [2.45, 2.75) is 0 Å². The lowest BCUT2D eigenvalue weighted by Gasteiger charge is -2.14. The molecule has 9 aromatic carbocycles. The third-order valence-corrected chi connectivity index (χ3v) is 10.4. The van der Waals surface area contributed by atoms with Gasteiger partial charge in [0.05, 0.1) is 0 Å².